The van der Waals surface area contributed by atoms with Gasteiger partial charge < -0.3 is 15.1 Å². The van der Waals surface area contributed by atoms with Crippen LogP contribution in [0.15, 0.2) is 0 Å². The van der Waals surface area contributed by atoms with Crippen molar-refractivity contribution in [1.82, 2.24) is 4.90 Å². The fourth-order valence-corrected chi connectivity index (χ4v) is 1.68. The smallest absolute Gasteiger partial charge is 0.308 e. The predicted octanol–water partition coefficient (Wildman–Crippen LogP) is 0.0805. The molecule has 0 aromatic rings. The van der Waals surface area contributed by atoms with Gasteiger partial charge in [0.25, 0.3) is 0 Å². The number of carbonyl (C=O) groups is 2. The Kier molecular flexibility index (Phi) is 4.08. The van der Waals surface area contributed by atoms with Crippen molar-refractivity contribution in [3.63, 3.8) is 0 Å². The van der Waals surface area contributed by atoms with E-state index in [4.69, 9.17) is 10.2 Å². The van der Waals surface area contributed by atoms with Crippen LogP contribution in [0.1, 0.15) is 26.2 Å². The summed E-state index contributed by atoms with van der Waals surface area (Å²) in [6.45, 7) is 2.38. The molecule has 1 aliphatic heterocycles. The van der Waals surface area contributed by atoms with E-state index in [0.717, 1.165) is 0 Å². The highest BCUT2D eigenvalue weighted by Gasteiger charge is 2.29. The van der Waals surface area contributed by atoms with Crippen LogP contribution in [0.2, 0.25) is 0 Å². The first-order valence-corrected chi connectivity index (χ1v) is 5.19. The Hall–Kier alpha value is -1.10. The minimum absolute atomic E-state index is 0.00634. The maximum atomic E-state index is 11.4. The van der Waals surface area contributed by atoms with Gasteiger partial charge in [-0.05, 0) is 19.8 Å². The number of aliphatic hydroxyl groups excluding tert-OH is 1. The zero-order chi connectivity index (χ0) is 11.4. The van der Waals surface area contributed by atoms with Gasteiger partial charge in [-0.2, -0.15) is 0 Å². The van der Waals surface area contributed by atoms with Gasteiger partial charge in [-0.15, -0.1) is 0 Å². The standard InChI is InChI=1S/C10H17NO4/c1-7(12)4-5-11-6-8(10(14)15)2-3-9(11)13/h7-8,12H,2-6H2,1H3,(H,14,15). The van der Waals surface area contributed by atoms with E-state index in [1.165, 1.54) is 4.90 Å². The number of piperidine rings is 1. The minimum Gasteiger partial charge on any atom is -0.481 e. The van der Waals surface area contributed by atoms with Crippen LogP contribution in [-0.2, 0) is 9.59 Å². The Bertz CT molecular complexity index is 252. The van der Waals surface area contributed by atoms with Gasteiger partial charge in [0.05, 0.1) is 12.0 Å². The molecular weight excluding hydrogens is 198 g/mol. The highest BCUT2D eigenvalue weighted by molar-refractivity contribution is 5.80. The third-order valence-corrected chi connectivity index (χ3v) is 2.67. The quantitative estimate of drug-likeness (QED) is 0.696. The molecule has 1 saturated heterocycles. The van der Waals surface area contributed by atoms with E-state index >= 15 is 0 Å². The molecule has 86 valence electrons. The Morgan fingerprint density at radius 2 is 2.33 bits per heavy atom. The van der Waals surface area contributed by atoms with E-state index < -0.39 is 18.0 Å². The van der Waals surface area contributed by atoms with Gasteiger partial charge in [0.15, 0.2) is 0 Å². The number of carboxylic acids is 1. The highest BCUT2D eigenvalue weighted by atomic mass is 16.4. The zero-order valence-corrected chi connectivity index (χ0v) is 8.85. The van der Waals surface area contributed by atoms with Crippen molar-refractivity contribution in [2.45, 2.75) is 32.3 Å². The second-order valence-electron chi connectivity index (χ2n) is 4.05. The molecule has 0 spiro atoms. The Labute approximate surface area is 88.7 Å². The van der Waals surface area contributed by atoms with E-state index in [0.29, 0.717) is 25.8 Å². The lowest BCUT2D eigenvalue weighted by Gasteiger charge is -2.30. The van der Waals surface area contributed by atoms with Crippen LogP contribution >= 0.6 is 0 Å². The van der Waals surface area contributed by atoms with Gasteiger partial charge >= 0.3 is 5.97 Å². The lowest BCUT2D eigenvalue weighted by molar-refractivity contribution is -0.147. The highest BCUT2D eigenvalue weighted by Crippen LogP contribution is 2.18. The molecule has 1 fully saturated rings. The molecule has 2 N–H and O–H groups in total. The molecule has 1 rings (SSSR count). The van der Waals surface area contributed by atoms with Crippen LogP contribution in [0.4, 0.5) is 0 Å². The lowest BCUT2D eigenvalue weighted by atomic mass is 9.97. The first kappa shape index (κ1) is 12.0. The molecule has 5 nitrogen and oxygen atoms in total. The van der Waals surface area contributed by atoms with Crippen molar-refractivity contribution < 1.29 is 19.8 Å². The number of hydrogen-bond acceptors (Lipinski definition) is 3. The van der Waals surface area contributed by atoms with Crippen molar-refractivity contribution in [2.24, 2.45) is 5.92 Å². The van der Waals surface area contributed by atoms with Crippen LogP contribution in [0.25, 0.3) is 0 Å². The Balaban J connectivity index is 2.46. The second-order valence-corrected chi connectivity index (χ2v) is 4.05. The number of hydrogen-bond donors (Lipinski definition) is 2. The van der Waals surface area contributed by atoms with E-state index in [1.807, 2.05) is 0 Å². The van der Waals surface area contributed by atoms with Crippen molar-refractivity contribution in [2.75, 3.05) is 13.1 Å². The van der Waals surface area contributed by atoms with Crippen molar-refractivity contribution in [1.29, 1.82) is 0 Å². The first-order valence-electron chi connectivity index (χ1n) is 5.19. The molecule has 2 atom stereocenters. The van der Waals surface area contributed by atoms with Crippen molar-refractivity contribution >= 4 is 11.9 Å². The molecule has 0 saturated carbocycles. The van der Waals surface area contributed by atoms with Crippen LogP contribution in [0, 0.1) is 5.92 Å². The molecule has 2 unspecified atom stereocenters. The van der Waals surface area contributed by atoms with Gasteiger partial charge in [-0.1, -0.05) is 0 Å². The average Bonchev–Trinajstić information content (AvgIpc) is 2.16. The topological polar surface area (TPSA) is 77.8 Å². The monoisotopic (exact) mass is 215 g/mol. The molecule has 0 bridgehead atoms. The zero-order valence-electron chi connectivity index (χ0n) is 8.85. The van der Waals surface area contributed by atoms with Gasteiger partial charge in [0.2, 0.25) is 5.91 Å². The fourth-order valence-electron chi connectivity index (χ4n) is 1.68. The molecule has 1 amide bonds. The number of carboxylic acid groups (broad SMARTS) is 1. The number of amides is 1. The summed E-state index contributed by atoms with van der Waals surface area (Å²) in [7, 11) is 0. The van der Waals surface area contributed by atoms with Gasteiger partial charge in [0.1, 0.15) is 0 Å². The molecule has 0 aromatic carbocycles. The first-order chi connectivity index (χ1) is 7.00. The molecule has 1 heterocycles. The Morgan fingerprint density at radius 3 is 2.87 bits per heavy atom. The van der Waals surface area contributed by atoms with Crippen LogP contribution in [0.3, 0.4) is 0 Å². The molecule has 0 radical (unpaired) electrons. The van der Waals surface area contributed by atoms with Crippen molar-refractivity contribution in [3.8, 4) is 0 Å². The molecule has 0 aromatic heterocycles. The van der Waals surface area contributed by atoms with E-state index in [1.54, 1.807) is 6.92 Å². The van der Waals surface area contributed by atoms with Gasteiger partial charge in [0, 0.05) is 19.5 Å². The summed E-state index contributed by atoms with van der Waals surface area (Å²) in [4.78, 5) is 23.7. The van der Waals surface area contributed by atoms with Gasteiger partial charge in [-0.25, -0.2) is 0 Å². The molecule has 1 aliphatic rings. The molecule has 15 heavy (non-hydrogen) atoms. The number of likely N-dealkylation sites (tertiary alicyclic amines) is 1. The predicted molar refractivity (Wildman–Crippen MR) is 53.2 cm³/mol. The number of aliphatic hydroxyl groups is 1. The largest absolute Gasteiger partial charge is 0.481 e. The van der Waals surface area contributed by atoms with Crippen molar-refractivity contribution in [3.05, 3.63) is 0 Å². The van der Waals surface area contributed by atoms with Gasteiger partial charge in [-0.3, -0.25) is 9.59 Å². The number of aliphatic carboxylic acids is 1. The lowest BCUT2D eigenvalue weighted by Crippen LogP contribution is -2.43. The van der Waals surface area contributed by atoms with E-state index in [9.17, 15) is 9.59 Å². The summed E-state index contributed by atoms with van der Waals surface area (Å²) < 4.78 is 0. The third kappa shape index (κ3) is 3.51. The number of nitrogens with zero attached hydrogens (tertiary/aromatic N) is 1. The average molecular weight is 215 g/mol. The third-order valence-electron chi connectivity index (χ3n) is 2.67. The van der Waals surface area contributed by atoms with E-state index in [2.05, 4.69) is 0 Å². The maximum absolute atomic E-state index is 11.4. The molecule has 5 heteroatoms. The summed E-state index contributed by atoms with van der Waals surface area (Å²) in [5.74, 6) is -1.30. The molecule has 0 aliphatic carbocycles. The summed E-state index contributed by atoms with van der Waals surface area (Å²) in [5, 5.41) is 17.9. The SMILES string of the molecule is CC(O)CCN1CC(C(=O)O)CCC1=O. The Morgan fingerprint density at radius 1 is 1.67 bits per heavy atom. The summed E-state index contributed by atoms with van der Waals surface area (Å²) >= 11 is 0. The van der Waals surface area contributed by atoms with E-state index in [-0.39, 0.29) is 12.5 Å². The summed E-state index contributed by atoms with van der Waals surface area (Å²) in [6, 6.07) is 0. The number of carbonyl (C=O) groups excluding carboxylic acids is 1. The summed E-state index contributed by atoms with van der Waals surface area (Å²) in [5.41, 5.74) is 0. The van der Waals surface area contributed by atoms with Crippen LogP contribution < -0.4 is 0 Å². The summed E-state index contributed by atoms with van der Waals surface area (Å²) in [6.07, 6.45) is 0.775. The van der Waals surface area contributed by atoms with Crippen LogP contribution in [0.5, 0.6) is 0 Å². The normalized spacial score (nSPS) is 24.0. The van der Waals surface area contributed by atoms with Crippen LogP contribution in [-0.4, -0.2) is 46.2 Å². The minimum atomic E-state index is -0.843. The number of rotatable bonds is 4. The second kappa shape index (κ2) is 5.11. The maximum Gasteiger partial charge on any atom is 0.308 e. The molecular formula is C10H17NO4. The fraction of sp³-hybridized carbons (Fsp3) is 0.800.